The fourth-order valence-corrected chi connectivity index (χ4v) is 3.54. The lowest BCUT2D eigenvalue weighted by atomic mass is 10.1. The van der Waals surface area contributed by atoms with Gasteiger partial charge in [0, 0.05) is 38.1 Å². The van der Waals surface area contributed by atoms with Crippen molar-refractivity contribution in [2.45, 2.75) is 13.1 Å². The summed E-state index contributed by atoms with van der Waals surface area (Å²) in [5.74, 6) is -2.45. The van der Waals surface area contributed by atoms with Crippen LogP contribution in [0.5, 0.6) is 0 Å². The second-order valence-electron chi connectivity index (χ2n) is 7.78. The van der Waals surface area contributed by atoms with Crippen molar-refractivity contribution in [2.24, 2.45) is 5.73 Å². The number of aromatic nitrogens is 4. The average Bonchev–Trinajstić information content (AvgIpc) is 2.88. The van der Waals surface area contributed by atoms with E-state index in [0.717, 1.165) is 17.8 Å². The zero-order valence-corrected chi connectivity index (χ0v) is 19.5. The number of nitrogens with zero attached hydrogens (tertiary/aromatic N) is 6. The Bertz CT molecular complexity index is 1300. The largest absolute Gasteiger partial charge is 0.476 e. The van der Waals surface area contributed by atoms with Gasteiger partial charge in [-0.2, -0.15) is 18.3 Å². The lowest BCUT2D eigenvalue weighted by Crippen LogP contribution is -2.49. The number of aromatic carboxylic acids is 1. The zero-order valence-electron chi connectivity index (χ0n) is 19.5. The highest BCUT2D eigenvalue weighted by Gasteiger charge is 2.36. The first-order valence-corrected chi connectivity index (χ1v) is 10.8. The number of anilines is 1. The maximum Gasteiger partial charge on any atom is 0.417 e. The number of carboxylic acids is 1. The van der Waals surface area contributed by atoms with Gasteiger partial charge in [-0.1, -0.05) is 12.1 Å². The molecule has 0 bridgehead atoms. The van der Waals surface area contributed by atoms with Gasteiger partial charge in [0.15, 0.2) is 5.69 Å². The van der Waals surface area contributed by atoms with Crippen LogP contribution in [-0.4, -0.2) is 74.1 Å². The number of primary amides is 1. The number of carboxylic acid groups (broad SMARTS) is 1. The second kappa shape index (κ2) is 11.4. The van der Waals surface area contributed by atoms with E-state index in [1.54, 1.807) is 17.9 Å². The van der Waals surface area contributed by atoms with Gasteiger partial charge in [-0.25, -0.2) is 14.8 Å². The van der Waals surface area contributed by atoms with Gasteiger partial charge in [0.1, 0.15) is 0 Å². The third-order valence-corrected chi connectivity index (χ3v) is 5.29. The minimum Gasteiger partial charge on any atom is -0.476 e. The Morgan fingerprint density at radius 1 is 1.00 bits per heavy atom. The van der Waals surface area contributed by atoms with Crippen LogP contribution in [0.2, 0.25) is 0 Å². The van der Waals surface area contributed by atoms with E-state index < -0.39 is 35.1 Å². The van der Waals surface area contributed by atoms with E-state index >= 15 is 0 Å². The Hall–Kier alpha value is -4.62. The predicted octanol–water partition coefficient (Wildman–Crippen LogP) is 2.04. The van der Waals surface area contributed by atoms with Gasteiger partial charge in [-0.05, 0) is 31.2 Å². The van der Waals surface area contributed by atoms with E-state index in [4.69, 9.17) is 5.73 Å². The molecule has 11 nitrogen and oxygen atoms in total. The van der Waals surface area contributed by atoms with Crippen molar-refractivity contribution in [1.29, 1.82) is 0 Å². The molecule has 0 unspecified atom stereocenters. The van der Waals surface area contributed by atoms with E-state index in [-0.39, 0.29) is 37.7 Å². The molecule has 0 spiro atoms. The van der Waals surface area contributed by atoms with Gasteiger partial charge in [-0.15, -0.1) is 5.10 Å². The zero-order chi connectivity index (χ0) is 27.2. The lowest BCUT2D eigenvalue weighted by Gasteiger charge is -2.36. The third kappa shape index (κ3) is 6.74. The summed E-state index contributed by atoms with van der Waals surface area (Å²) in [6, 6.07) is 7.87. The Kier molecular flexibility index (Phi) is 8.32. The molecule has 0 atom stereocenters. The molecule has 3 aromatic rings. The number of nitrogens with two attached hydrogens (primary N) is 1. The number of hydrogen-bond acceptors (Lipinski definition) is 8. The van der Waals surface area contributed by atoms with Gasteiger partial charge in [-0.3, -0.25) is 9.59 Å². The summed E-state index contributed by atoms with van der Waals surface area (Å²) in [6.45, 7) is 2.63. The molecule has 2 aromatic heterocycles. The van der Waals surface area contributed by atoms with Crippen LogP contribution in [0, 0.1) is 6.92 Å². The Balaban J connectivity index is 0.000000319. The number of hydrogen-bond donors (Lipinski definition) is 2. The number of alkyl halides is 3. The highest BCUT2D eigenvalue weighted by molar-refractivity contribution is 5.96. The minimum atomic E-state index is -4.62. The third-order valence-electron chi connectivity index (χ3n) is 5.29. The van der Waals surface area contributed by atoms with Crippen molar-refractivity contribution in [3.63, 3.8) is 0 Å². The Labute approximate surface area is 208 Å². The maximum absolute atomic E-state index is 13.1. The van der Waals surface area contributed by atoms with Gasteiger partial charge < -0.3 is 20.6 Å². The Morgan fingerprint density at radius 3 is 2.24 bits per heavy atom. The van der Waals surface area contributed by atoms with E-state index in [1.807, 2.05) is 0 Å². The topological polar surface area (TPSA) is 156 Å². The van der Waals surface area contributed by atoms with Crippen LogP contribution in [0.4, 0.5) is 18.9 Å². The molecule has 2 amide bonds. The number of halogens is 3. The first-order valence-electron chi connectivity index (χ1n) is 10.8. The molecule has 1 fully saturated rings. The van der Waals surface area contributed by atoms with E-state index in [1.165, 1.54) is 35.5 Å². The molecule has 1 aliphatic heterocycles. The number of piperazine rings is 1. The number of rotatable bonds is 4. The number of carbonyl (C=O) groups excluding carboxylic acids is 2. The molecule has 4 rings (SSSR count). The van der Waals surface area contributed by atoms with E-state index in [9.17, 15) is 32.7 Å². The summed E-state index contributed by atoms with van der Waals surface area (Å²) in [5, 5.41) is 16.3. The molecule has 1 aromatic carbocycles. The normalized spacial score (nSPS) is 13.4. The predicted molar refractivity (Wildman–Crippen MR) is 124 cm³/mol. The summed E-state index contributed by atoms with van der Waals surface area (Å²) < 4.78 is 39.4. The smallest absolute Gasteiger partial charge is 0.417 e. The summed E-state index contributed by atoms with van der Waals surface area (Å²) in [5.41, 5.74) is 4.45. The van der Waals surface area contributed by atoms with Gasteiger partial charge in [0.05, 0.1) is 23.0 Å². The molecule has 3 heterocycles. The quantitative estimate of drug-likeness (QED) is 0.529. The molecule has 194 valence electrons. The van der Waals surface area contributed by atoms with Crippen molar-refractivity contribution in [1.82, 2.24) is 25.1 Å². The van der Waals surface area contributed by atoms with Crippen LogP contribution in [0.25, 0.3) is 0 Å². The van der Waals surface area contributed by atoms with Crippen molar-refractivity contribution < 1.29 is 32.7 Å². The molecule has 0 saturated carbocycles. The number of benzene rings is 1. The van der Waals surface area contributed by atoms with Gasteiger partial charge in [0.2, 0.25) is 5.82 Å². The lowest BCUT2D eigenvalue weighted by molar-refractivity contribution is -0.138. The monoisotopic (exact) mass is 517 g/mol. The van der Waals surface area contributed by atoms with Gasteiger partial charge >= 0.3 is 12.1 Å². The summed E-state index contributed by atoms with van der Waals surface area (Å²) in [4.78, 5) is 44.8. The van der Waals surface area contributed by atoms with Crippen LogP contribution < -0.4 is 10.6 Å². The number of amides is 2. The van der Waals surface area contributed by atoms with Crippen LogP contribution in [-0.2, 0) is 6.18 Å². The number of aryl methyl sites for hydroxylation is 1. The first kappa shape index (κ1) is 27.0. The molecule has 1 aliphatic rings. The summed E-state index contributed by atoms with van der Waals surface area (Å²) >= 11 is 0. The molecule has 0 aliphatic carbocycles. The standard InChI is InChI=1S/C17H15F3N4O3.C6H7N3O/c18-17(19,20)12-4-2-1-3-11(12)15(25)24-9-7-23(8-10-24)13-5-6-21-22-14(13)16(26)27;1-4-2-3-8-6(9-4)5(7)10/h1-6H,7-10H2,(H,26,27);2-3H,1H3,(H2,7,10). The fraction of sp³-hybridized carbons (Fsp3) is 0.261. The molecular weight excluding hydrogens is 495 g/mol. The van der Waals surface area contributed by atoms with E-state index in [0.29, 0.717) is 5.69 Å². The van der Waals surface area contributed by atoms with Crippen LogP contribution >= 0.6 is 0 Å². The average molecular weight is 517 g/mol. The van der Waals surface area contributed by atoms with E-state index in [2.05, 4.69) is 20.2 Å². The van der Waals surface area contributed by atoms with Crippen LogP contribution in [0.15, 0.2) is 48.8 Å². The fourth-order valence-electron chi connectivity index (χ4n) is 3.54. The molecule has 37 heavy (non-hydrogen) atoms. The summed E-state index contributed by atoms with van der Waals surface area (Å²) in [7, 11) is 0. The van der Waals surface area contributed by atoms with Crippen molar-refractivity contribution >= 4 is 23.5 Å². The highest BCUT2D eigenvalue weighted by Crippen LogP contribution is 2.32. The maximum atomic E-state index is 13.1. The molecule has 14 heteroatoms. The molecule has 3 N–H and O–H groups in total. The van der Waals surface area contributed by atoms with Crippen molar-refractivity contribution in [2.75, 3.05) is 31.1 Å². The highest BCUT2D eigenvalue weighted by atomic mass is 19.4. The molecule has 0 radical (unpaired) electrons. The molecule has 1 saturated heterocycles. The number of carbonyl (C=O) groups is 3. The molecular formula is C23H22F3N7O4. The first-order chi connectivity index (χ1) is 17.5. The second-order valence-corrected chi connectivity index (χ2v) is 7.78. The minimum absolute atomic E-state index is 0.0694. The summed E-state index contributed by atoms with van der Waals surface area (Å²) in [6.07, 6.45) is -1.76. The van der Waals surface area contributed by atoms with Crippen LogP contribution in [0.3, 0.4) is 0 Å². The van der Waals surface area contributed by atoms with Crippen molar-refractivity contribution in [3.8, 4) is 0 Å². The van der Waals surface area contributed by atoms with Crippen molar-refractivity contribution in [3.05, 3.63) is 77.1 Å². The SMILES string of the molecule is Cc1ccnc(C(N)=O)n1.O=C(O)c1nnccc1N1CCN(C(=O)c2ccccc2C(F)(F)F)CC1. The van der Waals surface area contributed by atoms with Gasteiger partial charge in [0.25, 0.3) is 11.8 Å². The van der Waals surface area contributed by atoms with Crippen LogP contribution in [0.1, 0.15) is 42.7 Å². The Morgan fingerprint density at radius 2 is 1.68 bits per heavy atom.